The summed E-state index contributed by atoms with van der Waals surface area (Å²) in [7, 11) is 3.28. The number of nitrogens with one attached hydrogen (secondary N) is 2. The molecular weight excluding hydrogens is 847 g/mol. The molecule has 14 nitrogen and oxygen atoms in total. The number of carbonyl (C=O) groups is 5. The monoisotopic (exact) mass is 918 g/mol. The summed E-state index contributed by atoms with van der Waals surface area (Å²) in [4.78, 5) is 77.9. The van der Waals surface area contributed by atoms with Crippen LogP contribution in [0, 0.1) is 16.7 Å². The average Bonchev–Trinajstić information content (AvgIpc) is 3.86. The first-order valence-corrected chi connectivity index (χ1v) is 23.7. The van der Waals surface area contributed by atoms with Crippen LogP contribution in [0.25, 0.3) is 27.6 Å². The molecule has 0 spiro atoms. The number of nitrogens with zero attached hydrogens (tertiary/aromatic N) is 5. The van der Waals surface area contributed by atoms with Crippen LogP contribution in [-0.2, 0) is 52.8 Å². The van der Waals surface area contributed by atoms with Crippen molar-refractivity contribution < 1.29 is 33.4 Å². The Morgan fingerprint density at radius 1 is 1.06 bits per heavy atom. The molecule has 2 N–H and O–H groups in total. The van der Waals surface area contributed by atoms with Crippen molar-refractivity contribution in [3.05, 3.63) is 90.3 Å². The van der Waals surface area contributed by atoms with E-state index in [0.29, 0.717) is 45.3 Å². The summed E-state index contributed by atoms with van der Waals surface area (Å²) in [6, 6.07) is 11.7. The maximum atomic E-state index is 14.8. The fourth-order valence-corrected chi connectivity index (χ4v) is 10.1. The number of hydrogen-bond donors (Lipinski definition) is 2. The highest BCUT2D eigenvalue weighted by atomic mass is 16.5. The van der Waals surface area contributed by atoms with Crippen molar-refractivity contribution in [2.24, 2.45) is 21.7 Å². The first kappa shape index (κ1) is 50.6. The van der Waals surface area contributed by atoms with Crippen LogP contribution >= 0.6 is 0 Å². The largest absolute Gasteiger partial charge is 0.464 e. The van der Waals surface area contributed by atoms with Crippen LogP contribution < -0.4 is 10.7 Å². The number of allylic oxidation sites excluding steroid dienone is 2. The van der Waals surface area contributed by atoms with Crippen LogP contribution in [0.4, 0.5) is 0 Å². The molecule has 6 bridgehead atoms. The molecule has 360 valence electrons. The Kier molecular flexibility index (Phi) is 15.8. The minimum absolute atomic E-state index is 0.114. The third kappa shape index (κ3) is 10.7. The molecule has 5 atom stereocenters. The quantitative estimate of drug-likeness (QED) is 0.0861. The predicted octanol–water partition coefficient (Wildman–Crippen LogP) is 6.91. The lowest BCUT2D eigenvalue weighted by Crippen LogP contribution is -2.62. The Morgan fingerprint density at radius 3 is 2.45 bits per heavy atom. The normalized spacial score (nSPS) is 22.5. The molecule has 14 heteroatoms. The van der Waals surface area contributed by atoms with Gasteiger partial charge in [-0.15, -0.1) is 0 Å². The first-order chi connectivity index (χ1) is 31.8. The molecule has 1 aromatic heterocycles. The van der Waals surface area contributed by atoms with Crippen LogP contribution in [0.5, 0.6) is 0 Å². The summed E-state index contributed by atoms with van der Waals surface area (Å²) in [5.74, 6) is -2.18. The van der Waals surface area contributed by atoms with Crippen molar-refractivity contribution in [2.75, 3.05) is 40.4 Å². The number of carbonyl (C=O) groups excluding carboxylic acids is 5. The SMILES string of the molecule is C=CC(=O)N1CC[C@](C)(C(=O)N(C)[C@H](C(=O)N[C@H]2Cc3cccc(c3)-c3ccc4c(c3)c(c(/C(C=C)=C(/N=CC)[C@H](C)OC)n4CC)CC(C)(C)COC(=O)[C@@H]3CCCN(N3)C2=O)C(C)C)C1. The van der Waals surface area contributed by atoms with Crippen molar-refractivity contribution in [3.63, 3.8) is 0 Å². The molecular formula is C53H71N7O7. The van der Waals surface area contributed by atoms with Gasteiger partial charge in [0.2, 0.25) is 17.7 Å². The number of esters is 1. The molecule has 2 fully saturated rings. The van der Waals surface area contributed by atoms with Crippen molar-refractivity contribution in [3.8, 4) is 11.1 Å². The van der Waals surface area contributed by atoms with Gasteiger partial charge in [-0.25, -0.2) is 5.43 Å². The molecule has 0 radical (unpaired) electrons. The Labute approximate surface area is 396 Å². The summed E-state index contributed by atoms with van der Waals surface area (Å²) >= 11 is 0. The van der Waals surface area contributed by atoms with E-state index < -0.39 is 46.7 Å². The first-order valence-electron chi connectivity index (χ1n) is 23.7. The number of methoxy groups -OCH3 is 1. The molecule has 67 heavy (non-hydrogen) atoms. The van der Waals surface area contributed by atoms with Crippen LogP contribution in [0.2, 0.25) is 0 Å². The second kappa shape index (κ2) is 21.0. The van der Waals surface area contributed by atoms with E-state index >= 15 is 0 Å². The number of likely N-dealkylation sites (N-methyl/N-ethyl adjacent to an activating group) is 1. The second-order valence-electron chi connectivity index (χ2n) is 19.7. The Morgan fingerprint density at radius 2 is 1.79 bits per heavy atom. The molecule has 3 aliphatic heterocycles. The zero-order chi connectivity index (χ0) is 49.0. The van der Waals surface area contributed by atoms with E-state index in [1.54, 1.807) is 25.3 Å². The molecule has 6 rings (SSSR count). The van der Waals surface area contributed by atoms with Crippen molar-refractivity contribution in [1.82, 2.24) is 30.1 Å². The molecule has 3 aliphatic rings. The number of benzene rings is 2. The molecule has 4 amide bonds. The van der Waals surface area contributed by atoms with Gasteiger partial charge in [-0.05, 0) is 99.8 Å². The third-order valence-electron chi connectivity index (χ3n) is 13.7. The molecule has 3 aromatic rings. The lowest BCUT2D eigenvalue weighted by atomic mass is 9.84. The zero-order valence-corrected chi connectivity index (χ0v) is 41.2. The highest BCUT2D eigenvalue weighted by Gasteiger charge is 2.46. The maximum absolute atomic E-state index is 14.8. The number of aliphatic imine (C=N–C) groups is 1. The number of fused-ring (bicyclic) bond motifs is 6. The standard InChI is InChI=1S/C53H71N7O7/c1-13-38(45(54-15-3)34(7)66-12)47-40-30-52(8,9)32-67-50(64)41-21-18-25-60(56-41)49(63)42(28-35-19-17-20-36(27-35)37-22-23-43(39(40)29-37)59(47)16-4)55-48(62)46(33(5)6)57(11)51(65)53(10)24-26-58(31-53)44(61)14-2/h13-15,17,19-20,22-23,27,29,33-34,41-42,46,56H,1-2,16,18,21,24-26,28,30-32H2,3-12H3,(H,55,62)/b45-38+,54-15?/t34-,41-,42-,46-,53-/m0/s1. The van der Waals surface area contributed by atoms with Gasteiger partial charge in [0.15, 0.2) is 0 Å². The number of hydrazine groups is 1. The Bertz CT molecular complexity index is 2470. The van der Waals surface area contributed by atoms with Crippen LogP contribution in [0.3, 0.4) is 0 Å². The van der Waals surface area contributed by atoms with Gasteiger partial charge >= 0.3 is 5.97 Å². The molecule has 0 aliphatic carbocycles. The van der Waals surface area contributed by atoms with Gasteiger partial charge in [-0.2, -0.15) is 0 Å². The van der Waals surface area contributed by atoms with E-state index in [4.69, 9.17) is 14.5 Å². The van der Waals surface area contributed by atoms with Gasteiger partial charge in [0.25, 0.3) is 5.91 Å². The number of cyclic esters (lactones) is 1. The highest BCUT2D eigenvalue weighted by Crippen LogP contribution is 2.40. The number of hydrogen-bond acceptors (Lipinski definition) is 9. The summed E-state index contributed by atoms with van der Waals surface area (Å²) in [6.07, 6.45) is 6.66. The maximum Gasteiger partial charge on any atom is 0.324 e. The molecule has 2 saturated heterocycles. The number of amides is 4. The van der Waals surface area contributed by atoms with Gasteiger partial charge in [0.1, 0.15) is 18.1 Å². The number of ether oxygens (including phenoxy) is 2. The van der Waals surface area contributed by atoms with Crippen molar-refractivity contribution in [2.45, 2.75) is 118 Å². The van der Waals surface area contributed by atoms with E-state index in [1.165, 1.54) is 16.0 Å². The number of likely N-dealkylation sites (tertiary alicyclic amines) is 1. The molecule has 4 heterocycles. The van der Waals surface area contributed by atoms with Gasteiger partial charge < -0.3 is 29.2 Å². The van der Waals surface area contributed by atoms with Crippen LogP contribution in [0.1, 0.15) is 91.5 Å². The van der Waals surface area contributed by atoms with Gasteiger partial charge in [0, 0.05) is 74.9 Å². The molecule has 0 unspecified atom stereocenters. The molecule has 2 aromatic carbocycles. The fraction of sp³-hybridized carbons (Fsp3) is 0.509. The third-order valence-corrected chi connectivity index (χ3v) is 13.7. The number of rotatable bonds is 12. The predicted molar refractivity (Wildman–Crippen MR) is 264 cm³/mol. The van der Waals surface area contributed by atoms with Crippen molar-refractivity contribution >= 4 is 52.3 Å². The second-order valence-corrected chi connectivity index (χ2v) is 19.7. The smallest absolute Gasteiger partial charge is 0.324 e. The number of aryl methyl sites for hydroxylation is 1. The Hall–Kier alpha value is -5.86. The van der Waals surface area contributed by atoms with Gasteiger partial charge in [0.05, 0.1) is 29.5 Å². The topological polar surface area (TPSA) is 155 Å². The Balaban J connectivity index is 1.45. The van der Waals surface area contributed by atoms with E-state index in [9.17, 15) is 24.0 Å². The van der Waals surface area contributed by atoms with Crippen LogP contribution in [0.15, 0.2) is 78.5 Å². The average molecular weight is 918 g/mol. The molecule has 0 saturated carbocycles. The lowest BCUT2D eigenvalue weighted by molar-refractivity contribution is -0.155. The fourth-order valence-electron chi connectivity index (χ4n) is 10.1. The number of aromatic nitrogens is 1. The van der Waals surface area contributed by atoms with Gasteiger partial charge in [-0.1, -0.05) is 77.3 Å². The summed E-state index contributed by atoms with van der Waals surface area (Å²) in [5, 5.41) is 5.54. The lowest BCUT2D eigenvalue weighted by Gasteiger charge is -2.38. The van der Waals surface area contributed by atoms with Crippen molar-refractivity contribution in [1.29, 1.82) is 0 Å². The zero-order valence-electron chi connectivity index (χ0n) is 41.2. The van der Waals surface area contributed by atoms with E-state index in [1.807, 2.05) is 58.9 Å². The summed E-state index contributed by atoms with van der Waals surface area (Å²) in [6.45, 7) is 25.3. The van der Waals surface area contributed by atoms with Gasteiger partial charge in [-0.3, -0.25) is 34.0 Å². The summed E-state index contributed by atoms with van der Waals surface area (Å²) in [5.41, 5.74) is 9.12. The van der Waals surface area contributed by atoms with E-state index in [2.05, 4.69) is 73.5 Å². The van der Waals surface area contributed by atoms with E-state index in [0.717, 1.165) is 50.1 Å². The minimum Gasteiger partial charge on any atom is -0.464 e. The summed E-state index contributed by atoms with van der Waals surface area (Å²) < 4.78 is 14.3. The van der Waals surface area contributed by atoms with E-state index in [-0.39, 0.29) is 43.4 Å². The minimum atomic E-state index is -1.07. The van der Waals surface area contributed by atoms with Crippen LogP contribution in [-0.4, -0.2) is 120 Å². The highest BCUT2D eigenvalue weighted by molar-refractivity contribution is 5.97.